The maximum absolute atomic E-state index is 11.0. The van der Waals surface area contributed by atoms with Crippen LogP contribution in [0.2, 0.25) is 0 Å². The highest BCUT2D eigenvalue weighted by atomic mass is 32.1. The van der Waals surface area contributed by atoms with E-state index in [4.69, 9.17) is 9.84 Å². The van der Waals surface area contributed by atoms with Crippen molar-refractivity contribution in [1.29, 1.82) is 0 Å². The monoisotopic (exact) mass is 238 g/mol. The van der Waals surface area contributed by atoms with Crippen LogP contribution in [-0.2, 0) is 6.42 Å². The van der Waals surface area contributed by atoms with E-state index in [0.717, 1.165) is 17.7 Å². The molecule has 0 aliphatic heterocycles. The molecule has 0 fully saturated rings. The number of hydrogen-bond donors (Lipinski definition) is 1. The van der Waals surface area contributed by atoms with E-state index in [-0.39, 0.29) is 11.5 Å². The molecule has 0 aliphatic carbocycles. The fourth-order valence-electron chi connectivity index (χ4n) is 1.23. The molecule has 1 aromatic heterocycles. The fraction of sp³-hybridized carbons (Fsp3) is 0.417. The van der Waals surface area contributed by atoms with E-state index in [1.54, 1.807) is 13.0 Å². The van der Waals surface area contributed by atoms with E-state index < -0.39 is 5.97 Å². The number of carbonyl (C=O) groups is 1. The molecule has 0 aliphatic rings. The molecule has 0 saturated heterocycles. The summed E-state index contributed by atoms with van der Waals surface area (Å²) < 4.78 is 5.32. The number of aromatic carboxylic acids is 1. The summed E-state index contributed by atoms with van der Waals surface area (Å²) in [6.45, 7) is 4.01. The van der Waals surface area contributed by atoms with Gasteiger partial charge < -0.3 is 9.84 Å². The Morgan fingerprint density at radius 3 is 2.94 bits per heavy atom. The zero-order valence-electron chi connectivity index (χ0n) is 9.37. The Morgan fingerprint density at radius 1 is 1.62 bits per heavy atom. The molecule has 4 heteroatoms. The molecule has 1 N–H and O–H groups in total. The standard InChI is InChI=1S/C12H14O3S/c1-3-5-7-15-10-8-9(6-4-2)16-11(10)12(13)14/h8H,4,6-7H2,1-2H3,(H,13,14). The summed E-state index contributed by atoms with van der Waals surface area (Å²) in [6.07, 6.45) is 1.88. The van der Waals surface area contributed by atoms with Crippen LogP contribution in [0.5, 0.6) is 5.75 Å². The number of aryl methyl sites for hydroxylation is 1. The van der Waals surface area contributed by atoms with E-state index in [9.17, 15) is 4.79 Å². The first-order chi connectivity index (χ1) is 7.69. The Bertz CT molecular complexity index is 423. The lowest BCUT2D eigenvalue weighted by atomic mass is 10.3. The predicted octanol–water partition coefficient (Wildman–Crippen LogP) is 2.80. The highest BCUT2D eigenvalue weighted by Gasteiger charge is 2.16. The molecule has 1 rings (SSSR count). The SMILES string of the molecule is CC#CCOc1cc(CCC)sc1C(=O)O. The van der Waals surface area contributed by atoms with Crippen LogP contribution in [0.4, 0.5) is 0 Å². The highest BCUT2D eigenvalue weighted by Crippen LogP contribution is 2.30. The average Bonchev–Trinajstić information content (AvgIpc) is 2.62. The van der Waals surface area contributed by atoms with Crippen LogP contribution in [0.1, 0.15) is 34.8 Å². The van der Waals surface area contributed by atoms with Gasteiger partial charge in [-0.15, -0.1) is 17.3 Å². The molecular weight excluding hydrogens is 224 g/mol. The molecule has 0 spiro atoms. The number of ether oxygens (including phenoxy) is 1. The van der Waals surface area contributed by atoms with Gasteiger partial charge in [-0.2, -0.15) is 0 Å². The lowest BCUT2D eigenvalue weighted by molar-refractivity contribution is 0.0698. The zero-order chi connectivity index (χ0) is 12.0. The van der Waals surface area contributed by atoms with E-state index in [2.05, 4.69) is 18.8 Å². The van der Waals surface area contributed by atoms with Crippen LogP contribution < -0.4 is 4.74 Å². The van der Waals surface area contributed by atoms with Gasteiger partial charge in [-0.1, -0.05) is 19.3 Å². The van der Waals surface area contributed by atoms with Gasteiger partial charge in [-0.05, 0) is 19.4 Å². The Morgan fingerprint density at radius 2 is 2.38 bits per heavy atom. The van der Waals surface area contributed by atoms with Crippen LogP contribution in [-0.4, -0.2) is 17.7 Å². The maximum Gasteiger partial charge on any atom is 0.349 e. The Hall–Kier alpha value is -1.47. The summed E-state index contributed by atoms with van der Waals surface area (Å²) in [5, 5.41) is 9.00. The summed E-state index contributed by atoms with van der Waals surface area (Å²) in [5.74, 6) is 4.94. The minimum Gasteiger partial charge on any atom is -0.479 e. The lowest BCUT2D eigenvalue weighted by Gasteiger charge is -1.99. The Labute approximate surface area is 99.1 Å². The molecule has 0 aromatic carbocycles. The van der Waals surface area contributed by atoms with Crippen molar-refractivity contribution in [2.75, 3.05) is 6.61 Å². The van der Waals surface area contributed by atoms with Gasteiger partial charge in [0.05, 0.1) is 0 Å². The largest absolute Gasteiger partial charge is 0.479 e. The minimum absolute atomic E-state index is 0.235. The number of hydrogen-bond acceptors (Lipinski definition) is 3. The Kier molecular flexibility index (Phi) is 4.87. The van der Waals surface area contributed by atoms with Crippen molar-refractivity contribution in [2.45, 2.75) is 26.7 Å². The second kappa shape index (κ2) is 6.19. The number of rotatable bonds is 5. The van der Waals surface area contributed by atoms with Gasteiger partial charge in [-0.3, -0.25) is 0 Å². The normalized spacial score (nSPS) is 9.38. The fourth-order valence-corrected chi connectivity index (χ4v) is 2.27. The van der Waals surface area contributed by atoms with Gasteiger partial charge in [-0.25, -0.2) is 4.79 Å². The average molecular weight is 238 g/mol. The van der Waals surface area contributed by atoms with Gasteiger partial charge >= 0.3 is 5.97 Å². The van der Waals surface area contributed by atoms with E-state index >= 15 is 0 Å². The maximum atomic E-state index is 11.0. The first kappa shape index (κ1) is 12.6. The molecule has 16 heavy (non-hydrogen) atoms. The van der Waals surface area contributed by atoms with Crippen LogP contribution in [0.3, 0.4) is 0 Å². The minimum atomic E-state index is -0.938. The van der Waals surface area contributed by atoms with Gasteiger partial charge in [0.2, 0.25) is 0 Å². The molecule has 1 aromatic rings. The molecular formula is C12H14O3S. The van der Waals surface area contributed by atoms with Crippen molar-refractivity contribution >= 4 is 17.3 Å². The quantitative estimate of drug-likeness (QED) is 0.802. The van der Waals surface area contributed by atoms with Gasteiger partial charge in [0.1, 0.15) is 12.4 Å². The smallest absolute Gasteiger partial charge is 0.349 e. The third-order valence-corrected chi connectivity index (χ3v) is 3.08. The van der Waals surface area contributed by atoms with Crippen molar-refractivity contribution in [1.82, 2.24) is 0 Å². The topological polar surface area (TPSA) is 46.5 Å². The summed E-state index contributed by atoms with van der Waals surface area (Å²) in [7, 11) is 0. The summed E-state index contributed by atoms with van der Waals surface area (Å²) in [5.41, 5.74) is 0. The summed E-state index contributed by atoms with van der Waals surface area (Å²) >= 11 is 1.28. The second-order valence-electron chi connectivity index (χ2n) is 3.18. The van der Waals surface area contributed by atoms with E-state index in [1.165, 1.54) is 11.3 Å². The summed E-state index contributed by atoms with van der Waals surface area (Å²) in [4.78, 5) is 12.3. The molecule has 3 nitrogen and oxygen atoms in total. The highest BCUT2D eigenvalue weighted by molar-refractivity contribution is 7.14. The molecule has 0 unspecified atom stereocenters. The predicted molar refractivity (Wildman–Crippen MR) is 64.2 cm³/mol. The van der Waals surface area contributed by atoms with Gasteiger partial charge in [0, 0.05) is 4.88 Å². The van der Waals surface area contributed by atoms with E-state index in [0.29, 0.717) is 5.75 Å². The molecule has 1 heterocycles. The molecule has 0 amide bonds. The number of carboxylic acid groups (broad SMARTS) is 1. The van der Waals surface area contributed by atoms with Crippen molar-refractivity contribution < 1.29 is 14.6 Å². The van der Waals surface area contributed by atoms with Crippen molar-refractivity contribution in [3.05, 3.63) is 15.8 Å². The number of carboxylic acids is 1. The first-order valence-electron chi connectivity index (χ1n) is 5.07. The van der Waals surface area contributed by atoms with Gasteiger partial charge in [0.25, 0.3) is 0 Å². The Balaban J connectivity index is 2.85. The molecule has 0 bridgehead atoms. The zero-order valence-corrected chi connectivity index (χ0v) is 10.2. The lowest BCUT2D eigenvalue weighted by Crippen LogP contribution is -1.99. The van der Waals surface area contributed by atoms with Crippen molar-refractivity contribution in [3.63, 3.8) is 0 Å². The van der Waals surface area contributed by atoms with Crippen molar-refractivity contribution in [3.8, 4) is 17.6 Å². The molecule has 0 atom stereocenters. The van der Waals surface area contributed by atoms with Crippen LogP contribution in [0.25, 0.3) is 0 Å². The third kappa shape index (κ3) is 3.28. The summed E-state index contributed by atoms with van der Waals surface area (Å²) in [6, 6.07) is 1.80. The first-order valence-corrected chi connectivity index (χ1v) is 5.89. The number of thiophene rings is 1. The second-order valence-corrected chi connectivity index (χ2v) is 4.31. The van der Waals surface area contributed by atoms with Crippen LogP contribution >= 0.6 is 11.3 Å². The third-order valence-electron chi connectivity index (χ3n) is 1.92. The van der Waals surface area contributed by atoms with Gasteiger partial charge in [0.15, 0.2) is 4.88 Å². The molecule has 0 radical (unpaired) electrons. The van der Waals surface area contributed by atoms with E-state index in [1.807, 2.05) is 0 Å². The molecule has 0 saturated carbocycles. The van der Waals surface area contributed by atoms with Crippen molar-refractivity contribution in [2.24, 2.45) is 0 Å². The van der Waals surface area contributed by atoms with Crippen LogP contribution in [0, 0.1) is 11.8 Å². The molecule has 86 valence electrons. The van der Waals surface area contributed by atoms with Crippen LogP contribution in [0.15, 0.2) is 6.07 Å².